The third-order valence-corrected chi connectivity index (χ3v) is 3.30. The zero-order chi connectivity index (χ0) is 12.4. The molecule has 0 atom stereocenters. The maximum atomic E-state index is 5.59. The third-order valence-electron chi connectivity index (χ3n) is 2.57. The number of aromatic amines is 1. The van der Waals surface area contributed by atoms with Crippen LogP contribution in [0.1, 0.15) is 11.3 Å². The fourth-order valence-corrected chi connectivity index (χ4v) is 2.24. The Morgan fingerprint density at radius 2 is 2.39 bits per heavy atom. The van der Waals surface area contributed by atoms with Gasteiger partial charge in [0.05, 0.1) is 6.20 Å². The van der Waals surface area contributed by atoms with Crippen molar-refractivity contribution >= 4 is 16.5 Å². The molecule has 0 unspecified atom stereocenters. The van der Waals surface area contributed by atoms with Crippen molar-refractivity contribution in [2.45, 2.75) is 13.5 Å². The minimum absolute atomic E-state index is 0.666. The van der Waals surface area contributed by atoms with Crippen LogP contribution in [0, 0.1) is 6.92 Å². The monoisotopic (exact) mass is 260 g/mol. The van der Waals surface area contributed by atoms with Crippen LogP contribution in [0.2, 0.25) is 0 Å². The highest BCUT2D eigenvalue weighted by atomic mass is 32.1. The smallest absolute Gasteiger partial charge is 0.182 e. The normalized spacial score (nSPS) is 10.7. The molecule has 0 amide bonds. The number of nitrogens with zero attached hydrogens (tertiary/aromatic N) is 2. The van der Waals surface area contributed by atoms with Crippen molar-refractivity contribution in [1.82, 2.24) is 15.2 Å². The average Bonchev–Trinajstić information content (AvgIpc) is 3.07. The number of thiazole rings is 1. The first-order valence-corrected chi connectivity index (χ1v) is 6.43. The van der Waals surface area contributed by atoms with Crippen LogP contribution in [-0.4, -0.2) is 15.2 Å². The van der Waals surface area contributed by atoms with Crippen molar-refractivity contribution in [3.05, 3.63) is 41.2 Å². The van der Waals surface area contributed by atoms with Gasteiger partial charge >= 0.3 is 0 Å². The van der Waals surface area contributed by atoms with E-state index in [4.69, 9.17) is 4.42 Å². The van der Waals surface area contributed by atoms with Crippen LogP contribution >= 0.6 is 11.3 Å². The number of hydrogen-bond acceptors (Lipinski definition) is 5. The van der Waals surface area contributed by atoms with Gasteiger partial charge in [-0.2, -0.15) is 5.10 Å². The SMILES string of the molecule is Cc1ccc(-c2[nH]ncc2CNc2nccs2)o1. The van der Waals surface area contributed by atoms with Crippen molar-refractivity contribution in [2.75, 3.05) is 5.32 Å². The van der Waals surface area contributed by atoms with Crippen LogP contribution in [0.3, 0.4) is 0 Å². The second-order valence-corrected chi connectivity index (χ2v) is 4.77. The van der Waals surface area contributed by atoms with Crippen molar-refractivity contribution < 1.29 is 4.42 Å². The molecule has 5 nitrogen and oxygen atoms in total. The lowest BCUT2D eigenvalue weighted by Crippen LogP contribution is -1.98. The second-order valence-electron chi connectivity index (χ2n) is 3.87. The Morgan fingerprint density at radius 1 is 1.44 bits per heavy atom. The molecule has 0 saturated carbocycles. The van der Waals surface area contributed by atoms with Crippen molar-refractivity contribution in [3.63, 3.8) is 0 Å². The summed E-state index contributed by atoms with van der Waals surface area (Å²) in [5, 5.41) is 13.1. The van der Waals surface area contributed by atoms with Crippen LogP contribution in [0.5, 0.6) is 0 Å². The maximum Gasteiger partial charge on any atom is 0.182 e. The first-order chi connectivity index (χ1) is 8.83. The molecule has 0 aliphatic rings. The topological polar surface area (TPSA) is 66.7 Å². The Morgan fingerprint density at radius 3 is 3.11 bits per heavy atom. The third kappa shape index (κ3) is 2.14. The predicted octanol–water partition coefficient (Wildman–Crippen LogP) is 3.05. The maximum absolute atomic E-state index is 5.59. The molecule has 3 aromatic heterocycles. The first-order valence-electron chi connectivity index (χ1n) is 5.55. The Hall–Kier alpha value is -2.08. The van der Waals surface area contributed by atoms with E-state index in [9.17, 15) is 0 Å². The van der Waals surface area contributed by atoms with Gasteiger partial charge in [0.25, 0.3) is 0 Å². The average molecular weight is 260 g/mol. The molecule has 18 heavy (non-hydrogen) atoms. The van der Waals surface area contributed by atoms with Crippen molar-refractivity contribution in [3.8, 4) is 11.5 Å². The number of aromatic nitrogens is 3. The Labute approximate surface area is 108 Å². The number of nitrogens with one attached hydrogen (secondary N) is 2. The van der Waals surface area contributed by atoms with E-state index in [2.05, 4.69) is 20.5 Å². The zero-order valence-electron chi connectivity index (χ0n) is 9.80. The Balaban J connectivity index is 1.79. The zero-order valence-corrected chi connectivity index (χ0v) is 10.6. The lowest BCUT2D eigenvalue weighted by Gasteiger charge is -2.02. The molecule has 6 heteroatoms. The highest BCUT2D eigenvalue weighted by Gasteiger charge is 2.11. The Kier molecular flexibility index (Phi) is 2.85. The lowest BCUT2D eigenvalue weighted by molar-refractivity contribution is 0.545. The fraction of sp³-hybridized carbons (Fsp3) is 0.167. The molecule has 92 valence electrons. The van der Waals surface area contributed by atoms with E-state index in [0.29, 0.717) is 6.54 Å². The minimum atomic E-state index is 0.666. The number of aryl methyl sites for hydroxylation is 1. The van der Waals surface area contributed by atoms with Gasteiger partial charge in [-0.15, -0.1) is 11.3 Å². The van der Waals surface area contributed by atoms with Gasteiger partial charge in [-0.05, 0) is 19.1 Å². The molecule has 0 aromatic carbocycles. The molecule has 0 bridgehead atoms. The predicted molar refractivity (Wildman–Crippen MR) is 70.5 cm³/mol. The first kappa shape index (κ1) is 11.0. The summed E-state index contributed by atoms with van der Waals surface area (Å²) < 4.78 is 5.59. The quantitative estimate of drug-likeness (QED) is 0.756. The van der Waals surface area contributed by atoms with E-state index in [1.54, 1.807) is 23.7 Å². The summed E-state index contributed by atoms with van der Waals surface area (Å²) in [4.78, 5) is 4.18. The summed E-state index contributed by atoms with van der Waals surface area (Å²) in [6.45, 7) is 2.59. The van der Waals surface area contributed by atoms with Crippen LogP contribution in [0.4, 0.5) is 5.13 Å². The van der Waals surface area contributed by atoms with Crippen LogP contribution < -0.4 is 5.32 Å². The molecule has 0 aliphatic carbocycles. The van der Waals surface area contributed by atoms with Gasteiger partial charge in [0.1, 0.15) is 11.5 Å². The van der Waals surface area contributed by atoms with E-state index in [1.807, 2.05) is 24.4 Å². The van der Waals surface area contributed by atoms with Crippen LogP contribution in [-0.2, 0) is 6.54 Å². The number of rotatable bonds is 4. The molecular formula is C12H12N4OS. The van der Waals surface area contributed by atoms with E-state index in [0.717, 1.165) is 27.9 Å². The summed E-state index contributed by atoms with van der Waals surface area (Å²) >= 11 is 1.57. The van der Waals surface area contributed by atoms with Gasteiger partial charge in [0.2, 0.25) is 0 Å². The van der Waals surface area contributed by atoms with E-state index in [1.165, 1.54) is 0 Å². The summed E-state index contributed by atoms with van der Waals surface area (Å²) in [5.41, 5.74) is 1.96. The molecule has 0 fully saturated rings. The molecule has 3 rings (SSSR count). The van der Waals surface area contributed by atoms with Crippen molar-refractivity contribution in [1.29, 1.82) is 0 Å². The van der Waals surface area contributed by atoms with Crippen molar-refractivity contribution in [2.24, 2.45) is 0 Å². The molecule has 0 spiro atoms. The number of H-pyrrole nitrogens is 1. The summed E-state index contributed by atoms with van der Waals surface area (Å²) in [6.07, 6.45) is 3.58. The molecule has 3 heterocycles. The summed E-state index contributed by atoms with van der Waals surface area (Å²) in [6, 6.07) is 3.88. The largest absolute Gasteiger partial charge is 0.460 e. The van der Waals surface area contributed by atoms with E-state index < -0.39 is 0 Å². The van der Waals surface area contributed by atoms with Gasteiger partial charge in [-0.3, -0.25) is 5.10 Å². The number of furan rings is 1. The van der Waals surface area contributed by atoms with E-state index >= 15 is 0 Å². The fourth-order valence-electron chi connectivity index (χ4n) is 1.71. The summed E-state index contributed by atoms with van der Waals surface area (Å²) in [7, 11) is 0. The highest BCUT2D eigenvalue weighted by molar-refractivity contribution is 7.13. The van der Waals surface area contributed by atoms with Gasteiger partial charge in [0, 0.05) is 23.7 Å². The molecule has 0 saturated heterocycles. The van der Waals surface area contributed by atoms with Crippen LogP contribution in [0.15, 0.2) is 34.3 Å². The molecule has 3 aromatic rings. The van der Waals surface area contributed by atoms with Gasteiger partial charge in [-0.1, -0.05) is 0 Å². The van der Waals surface area contributed by atoms with Crippen LogP contribution in [0.25, 0.3) is 11.5 Å². The summed E-state index contributed by atoms with van der Waals surface area (Å²) in [5.74, 6) is 1.69. The van der Waals surface area contributed by atoms with Gasteiger partial charge in [-0.25, -0.2) is 4.98 Å². The number of anilines is 1. The Bertz CT molecular complexity index is 626. The standard InChI is InChI=1S/C12H12N4OS/c1-8-2-3-10(17-8)11-9(7-15-16-11)6-14-12-13-4-5-18-12/h2-5,7H,6H2,1H3,(H,13,14)(H,15,16). The minimum Gasteiger partial charge on any atom is -0.460 e. The molecule has 0 aliphatic heterocycles. The van der Waals surface area contributed by atoms with Gasteiger partial charge in [0.15, 0.2) is 10.9 Å². The molecule has 2 N–H and O–H groups in total. The second kappa shape index (κ2) is 4.66. The number of hydrogen-bond donors (Lipinski definition) is 2. The highest BCUT2D eigenvalue weighted by Crippen LogP contribution is 2.24. The lowest BCUT2D eigenvalue weighted by atomic mass is 10.2. The van der Waals surface area contributed by atoms with E-state index in [-0.39, 0.29) is 0 Å². The molecular weight excluding hydrogens is 248 g/mol. The molecule has 0 radical (unpaired) electrons. The van der Waals surface area contributed by atoms with Gasteiger partial charge < -0.3 is 9.73 Å².